The quantitative estimate of drug-likeness (QED) is 0.354. The molecule has 0 bridgehead atoms. The highest BCUT2D eigenvalue weighted by Gasteiger charge is 2.62. The van der Waals surface area contributed by atoms with E-state index in [4.69, 9.17) is 16.3 Å². The SMILES string of the molecule is COc1cc(F)cc([C@](O)(C(=O)N2CCC(CC3CCN(c4ccc(C(=O)N(C)C)c(Cl)n4)CC3)CC2)C(F)(F)F)c1. The Morgan fingerprint density at radius 2 is 1.64 bits per heavy atom. The van der Waals surface area contributed by atoms with Crippen LogP contribution in [0, 0.1) is 17.7 Å². The molecule has 0 unspecified atom stereocenters. The van der Waals surface area contributed by atoms with Crippen LogP contribution in [0.5, 0.6) is 5.75 Å². The molecule has 2 fully saturated rings. The monoisotopic (exact) mass is 614 g/mol. The maximum absolute atomic E-state index is 14.1. The molecule has 2 aliphatic heterocycles. The molecule has 3 heterocycles. The van der Waals surface area contributed by atoms with Crippen molar-refractivity contribution in [2.24, 2.45) is 11.8 Å². The minimum atomic E-state index is -5.37. The molecule has 1 aromatic heterocycles. The number of anilines is 1. The molecule has 42 heavy (non-hydrogen) atoms. The van der Waals surface area contributed by atoms with E-state index >= 15 is 0 Å². The number of hydrogen-bond donors (Lipinski definition) is 1. The van der Waals surface area contributed by atoms with Crippen molar-refractivity contribution in [2.45, 2.75) is 43.9 Å². The molecule has 0 spiro atoms. The highest BCUT2D eigenvalue weighted by molar-refractivity contribution is 6.32. The fraction of sp³-hybridized carbons (Fsp3) is 0.552. The Balaban J connectivity index is 1.33. The van der Waals surface area contributed by atoms with Crippen LogP contribution in [0.4, 0.5) is 23.4 Å². The van der Waals surface area contributed by atoms with Gasteiger partial charge < -0.3 is 24.5 Å². The number of ether oxygens (including phenoxy) is 1. The summed E-state index contributed by atoms with van der Waals surface area (Å²) in [6, 6.07) is 5.68. The Labute approximate surface area is 247 Å². The molecule has 2 aromatic rings. The van der Waals surface area contributed by atoms with Crippen molar-refractivity contribution in [1.29, 1.82) is 0 Å². The van der Waals surface area contributed by atoms with Gasteiger partial charge in [-0.2, -0.15) is 13.2 Å². The lowest BCUT2D eigenvalue weighted by Gasteiger charge is -2.40. The number of piperidine rings is 2. The van der Waals surface area contributed by atoms with E-state index in [-0.39, 0.29) is 35.8 Å². The number of halogens is 5. The molecule has 2 aliphatic rings. The molecule has 0 saturated carbocycles. The molecular formula is C29H35ClF4N4O4. The van der Waals surface area contributed by atoms with Gasteiger partial charge in [0.2, 0.25) is 0 Å². The third-order valence-electron chi connectivity index (χ3n) is 8.22. The third-order valence-corrected chi connectivity index (χ3v) is 8.51. The van der Waals surface area contributed by atoms with Gasteiger partial charge in [0.05, 0.1) is 12.7 Å². The zero-order valence-corrected chi connectivity index (χ0v) is 24.5. The van der Waals surface area contributed by atoms with Crippen molar-refractivity contribution in [3.05, 3.63) is 52.4 Å². The molecule has 1 atom stereocenters. The number of benzene rings is 1. The van der Waals surface area contributed by atoms with Crippen molar-refractivity contribution in [3.63, 3.8) is 0 Å². The first-order valence-corrected chi connectivity index (χ1v) is 14.2. The van der Waals surface area contributed by atoms with Crippen LogP contribution in [0.25, 0.3) is 0 Å². The highest BCUT2D eigenvalue weighted by atomic mass is 35.5. The van der Waals surface area contributed by atoms with Gasteiger partial charge in [0.1, 0.15) is 22.5 Å². The van der Waals surface area contributed by atoms with Gasteiger partial charge in [-0.25, -0.2) is 9.37 Å². The van der Waals surface area contributed by atoms with Gasteiger partial charge in [0.15, 0.2) is 0 Å². The largest absolute Gasteiger partial charge is 0.497 e. The molecule has 8 nitrogen and oxygen atoms in total. The minimum absolute atomic E-state index is 0.0631. The summed E-state index contributed by atoms with van der Waals surface area (Å²) in [4.78, 5) is 34.3. The third kappa shape index (κ3) is 6.59. The summed E-state index contributed by atoms with van der Waals surface area (Å²) in [5, 5.41) is 10.9. The molecule has 1 N–H and O–H groups in total. The van der Waals surface area contributed by atoms with E-state index in [2.05, 4.69) is 9.88 Å². The van der Waals surface area contributed by atoms with Crippen LogP contribution >= 0.6 is 11.6 Å². The second-order valence-corrected chi connectivity index (χ2v) is 11.6. The van der Waals surface area contributed by atoms with Crippen molar-refractivity contribution in [1.82, 2.24) is 14.8 Å². The first-order chi connectivity index (χ1) is 19.7. The number of likely N-dealkylation sites (tertiary alicyclic amines) is 1. The van der Waals surface area contributed by atoms with Crippen molar-refractivity contribution in [3.8, 4) is 5.75 Å². The highest BCUT2D eigenvalue weighted by Crippen LogP contribution is 2.43. The molecule has 0 aliphatic carbocycles. The van der Waals surface area contributed by atoms with E-state index in [0.717, 1.165) is 56.5 Å². The summed E-state index contributed by atoms with van der Waals surface area (Å²) >= 11 is 6.27. The van der Waals surface area contributed by atoms with Gasteiger partial charge in [-0.05, 0) is 68.2 Å². The van der Waals surface area contributed by atoms with Crippen LogP contribution in [0.15, 0.2) is 30.3 Å². The molecule has 230 valence electrons. The zero-order chi connectivity index (χ0) is 30.8. The second-order valence-electron chi connectivity index (χ2n) is 11.2. The zero-order valence-electron chi connectivity index (χ0n) is 23.8. The summed E-state index contributed by atoms with van der Waals surface area (Å²) in [7, 11) is 4.44. The van der Waals surface area contributed by atoms with Crippen LogP contribution in [0.1, 0.15) is 48.0 Å². The summed E-state index contributed by atoms with van der Waals surface area (Å²) in [6.07, 6.45) is -1.69. The number of alkyl halides is 3. The maximum Gasteiger partial charge on any atom is 0.430 e. The van der Waals surface area contributed by atoms with E-state index in [1.165, 1.54) is 4.90 Å². The topological polar surface area (TPSA) is 86.2 Å². The lowest BCUT2D eigenvalue weighted by molar-refractivity contribution is -0.262. The normalized spacial score (nSPS) is 18.5. The van der Waals surface area contributed by atoms with Crippen LogP contribution in [0.2, 0.25) is 5.15 Å². The van der Waals surface area contributed by atoms with Crippen molar-refractivity contribution in [2.75, 3.05) is 52.3 Å². The number of aliphatic hydroxyl groups is 1. The van der Waals surface area contributed by atoms with Crippen LogP contribution in [-0.4, -0.2) is 85.3 Å². The number of amides is 2. The van der Waals surface area contributed by atoms with E-state index in [1.54, 1.807) is 26.2 Å². The smallest absolute Gasteiger partial charge is 0.430 e. The lowest BCUT2D eigenvalue weighted by Crippen LogP contribution is -2.57. The molecule has 4 rings (SSSR count). The van der Waals surface area contributed by atoms with E-state index < -0.39 is 29.1 Å². The summed E-state index contributed by atoms with van der Waals surface area (Å²) in [5.74, 6) is -1.69. The number of hydrogen-bond acceptors (Lipinski definition) is 6. The van der Waals surface area contributed by atoms with E-state index in [9.17, 15) is 32.3 Å². The Morgan fingerprint density at radius 3 is 2.17 bits per heavy atom. The number of methoxy groups -OCH3 is 1. The Bertz CT molecular complexity index is 1290. The number of pyridine rings is 1. The number of carbonyl (C=O) groups is 2. The van der Waals surface area contributed by atoms with Gasteiger partial charge in [-0.15, -0.1) is 0 Å². The fourth-order valence-corrected chi connectivity index (χ4v) is 6.00. The lowest BCUT2D eigenvalue weighted by atomic mass is 9.82. The fourth-order valence-electron chi connectivity index (χ4n) is 5.77. The number of carbonyl (C=O) groups excluding carboxylic acids is 2. The first kappa shape index (κ1) is 31.8. The average Bonchev–Trinajstić information content (AvgIpc) is 2.95. The van der Waals surface area contributed by atoms with Gasteiger partial charge in [0.25, 0.3) is 17.4 Å². The Hall–Kier alpha value is -3.12. The van der Waals surface area contributed by atoms with E-state index in [0.29, 0.717) is 36.2 Å². The molecule has 1 aromatic carbocycles. The summed E-state index contributed by atoms with van der Waals surface area (Å²) < 4.78 is 61.2. The Kier molecular flexibility index (Phi) is 9.56. The first-order valence-electron chi connectivity index (χ1n) is 13.8. The van der Waals surface area contributed by atoms with Crippen LogP contribution in [0.3, 0.4) is 0 Å². The predicted octanol–water partition coefficient (Wildman–Crippen LogP) is 4.88. The van der Waals surface area contributed by atoms with Crippen LogP contribution < -0.4 is 9.64 Å². The minimum Gasteiger partial charge on any atom is -0.497 e. The number of nitrogens with zero attached hydrogens (tertiary/aromatic N) is 4. The molecule has 2 amide bonds. The molecule has 2 saturated heterocycles. The summed E-state index contributed by atoms with van der Waals surface area (Å²) in [5.41, 5.74) is -4.47. The maximum atomic E-state index is 14.1. The molecule has 0 radical (unpaired) electrons. The Morgan fingerprint density at radius 1 is 1.05 bits per heavy atom. The summed E-state index contributed by atoms with van der Waals surface area (Å²) in [6.45, 7) is 1.63. The average molecular weight is 615 g/mol. The van der Waals surface area contributed by atoms with Gasteiger partial charge in [-0.1, -0.05) is 11.6 Å². The number of rotatable bonds is 7. The molecular weight excluding hydrogens is 580 g/mol. The number of aromatic nitrogens is 1. The van der Waals surface area contributed by atoms with Gasteiger partial charge in [-0.3, -0.25) is 9.59 Å². The van der Waals surface area contributed by atoms with Gasteiger partial charge >= 0.3 is 6.18 Å². The van der Waals surface area contributed by atoms with Gasteiger partial charge in [0, 0.05) is 51.9 Å². The second kappa shape index (κ2) is 12.6. The van der Waals surface area contributed by atoms with Crippen molar-refractivity contribution >= 4 is 29.2 Å². The predicted molar refractivity (Wildman–Crippen MR) is 149 cm³/mol. The van der Waals surface area contributed by atoms with Crippen LogP contribution in [-0.2, 0) is 10.4 Å². The standard InChI is InChI=1S/C29H35ClF4N4O4/c1-36(2)26(39)23-4-5-24(35-25(23)30)37-10-6-18(7-11-37)14-19-8-12-38(13-9-19)27(40)28(41,29(32,33)34)20-15-21(31)17-22(16-20)42-3/h4-5,15-19,41H,6-14H2,1-3H3/t28-/m0/s1. The van der Waals surface area contributed by atoms with E-state index in [1.807, 2.05) is 0 Å². The molecule has 13 heteroatoms. The van der Waals surface area contributed by atoms with Crippen molar-refractivity contribution < 1.29 is 37.0 Å².